The van der Waals surface area contributed by atoms with Crippen molar-refractivity contribution in [2.45, 2.75) is 39.2 Å². The minimum atomic E-state index is -0.409. The molecule has 2 nitrogen and oxygen atoms in total. The zero-order chi connectivity index (χ0) is 17.7. The van der Waals surface area contributed by atoms with Crippen molar-refractivity contribution in [3.63, 3.8) is 0 Å². The molecule has 0 aliphatic heterocycles. The number of hydrogen-bond acceptors (Lipinski definition) is 1. The molecule has 0 saturated carbocycles. The average Bonchev–Trinajstić information content (AvgIpc) is 2.61. The van der Waals surface area contributed by atoms with Crippen LogP contribution in [0.1, 0.15) is 43.5 Å². The lowest BCUT2D eigenvalue weighted by molar-refractivity contribution is -0.126. The highest BCUT2D eigenvalue weighted by Crippen LogP contribution is 2.34. The van der Waals surface area contributed by atoms with Crippen molar-refractivity contribution in [3.05, 3.63) is 83.9 Å². The van der Waals surface area contributed by atoms with Gasteiger partial charge in [0, 0.05) is 11.3 Å². The highest BCUT2D eigenvalue weighted by Gasteiger charge is 2.35. The van der Waals surface area contributed by atoms with Gasteiger partial charge in [0.05, 0.1) is 6.04 Å². The van der Waals surface area contributed by atoms with Crippen LogP contribution in [-0.2, 0) is 10.2 Å². The molecule has 126 valence electrons. The van der Waals surface area contributed by atoms with E-state index in [1.54, 1.807) is 0 Å². The quantitative estimate of drug-likeness (QED) is 0.749. The Morgan fingerprint density at radius 2 is 1.67 bits per heavy atom. The summed E-state index contributed by atoms with van der Waals surface area (Å²) >= 11 is 0. The molecule has 3 atom stereocenters. The minimum absolute atomic E-state index is 0.0202. The first-order valence-electron chi connectivity index (χ1n) is 8.44. The van der Waals surface area contributed by atoms with E-state index in [2.05, 4.69) is 50.0 Å². The third kappa shape index (κ3) is 3.76. The first kappa shape index (κ1) is 18.0. The molecule has 0 aliphatic rings. The molecule has 0 aliphatic carbocycles. The van der Waals surface area contributed by atoms with E-state index in [1.807, 2.05) is 50.3 Å². The Kier molecular flexibility index (Phi) is 5.61. The molecule has 2 heteroatoms. The summed E-state index contributed by atoms with van der Waals surface area (Å²) in [5.41, 5.74) is 3.01. The van der Waals surface area contributed by atoms with Crippen molar-refractivity contribution in [2.75, 3.05) is 0 Å². The van der Waals surface area contributed by atoms with Crippen LogP contribution in [0.4, 0.5) is 0 Å². The molecule has 0 fully saturated rings. The van der Waals surface area contributed by atoms with Gasteiger partial charge in [-0.3, -0.25) is 4.79 Å². The molecule has 1 amide bonds. The molecule has 0 bridgehead atoms. The Balaban J connectivity index is 2.18. The molecule has 0 radical (unpaired) electrons. The van der Waals surface area contributed by atoms with E-state index in [0.29, 0.717) is 0 Å². The highest BCUT2D eigenvalue weighted by atomic mass is 16.1. The molecule has 2 rings (SSSR count). The van der Waals surface area contributed by atoms with Crippen LogP contribution in [-0.4, -0.2) is 5.91 Å². The van der Waals surface area contributed by atoms with E-state index in [1.165, 1.54) is 5.56 Å². The van der Waals surface area contributed by atoms with Crippen LogP contribution in [0.5, 0.6) is 0 Å². The standard InChI is InChI=1S/C22H27NO/c1-6-22(5,20-14-12-16(2)13-15-20)17(3)21(24)23-18(4)19-10-8-7-9-11-19/h6-15,17-18H,1H2,2-5H3,(H,23,24)/t17-,18-,22+/m1/s1. The van der Waals surface area contributed by atoms with E-state index in [0.717, 1.165) is 11.1 Å². The summed E-state index contributed by atoms with van der Waals surface area (Å²) in [7, 11) is 0. The molecule has 24 heavy (non-hydrogen) atoms. The third-order valence-corrected chi connectivity index (χ3v) is 5.05. The van der Waals surface area contributed by atoms with Gasteiger partial charge in [-0.2, -0.15) is 0 Å². The Hall–Kier alpha value is -2.35. The van der Waals surface area contributed by atoms with Gasteiger partial charge in [-0.05, 0) is 25.0 Å². The van der Waals surface area contributed by atoms with Gasteiger partial charge in [0.1, 0.15) is 0 Å². The van der Waals surface area contributed by atoms with Gasteiger partial charge < -0.3 is 5.32 Å². The predicted octanol–water partition coefficient (Wildman–Crippen LogP) is 4.95. The van der Waals surface area contributed by atoms with Crippen LogP contribution in [0.15, 0.2) is 67.3 Å². The van der Waals surface area contributed by atoms with Crippen LogP contribution in [0.25, 0.3) is 0 Å². The SMILES string of the molecule is C=C[C@](C)(c1ccc(C)cc1)[C@H](C)C(=O)N[C@H](C)c1ccccc1. The van der Waals surface area contributed by atoms with E-state index in [9.17, 15) is 4.79 Å². The van der Waals surface area contributed by atoms with Gasteiger partial charge >= 0.3 is 0 Å². The Morgan fingerprint density at radius 1 is 1.08 bits per heavy atom. The number of hydrogen-bond donors (Lipinski definition) is 1. The fraction of sp³-hybridized carbons (Fsp3) is 0.318. The normalized spacial score (nSPS) is 15.8. The molecule has 0 aromatic heterocycles. The number of benzene rings is 2. The smallest absolute Gasteiger partial charge is 0.224 e. The molecular weight excluding hydrogens is 294 g/mol. The second kappa shape index (κ2) is 7.48. The van der Waals surface area contributed by atoms with Crippen molar-refractivity contribution >= 4 is 5.91 Å². The lowest BCUT2D eigenvalue weighted by Crippen LogP contribution is -2.41. The fourth-order valence-electron chi connectivity index (χ4n) is 2.89. The summed E-state index contributed by atoms with van der Waals surface area (Å²) in [6, 6.07) is 18.3. The second-order valence-electron chi connectivity index (χ2n) is 6.72. The van der Waals surface area contributed by atoms with E-state index in [4.69, 9.17) is 0 Å². The maximum atomic E-state index is 12.8. The Morgan fingerprint density at radius 3 is 2.21 bits per heavy atom. The number of nitrogens with one attached hydrogen (secondary N) is 1. The molecule has 0 unspecified atom stereocenters. The summed E-state index contributed by atoms with van der Waals surface area (Å²) in [5, 5.41) is 3.13. The van der Waals surface area contributed by atoms with E-state index >= 15 is 0 Å². The topological polar surface area (TPSA) is 29.1 Å². The lowest BCUT2D eigenvalue weighted by Gasteiger charge is -2.33. The summed E-state index contributed by atoms with van der Waals surface area (Å²) in [5.74, 6) is -0.182. The van der Waals surface area contributed by atoms with Gasteiger partial charge in [0.15, 0.2) is 0 Å². The zero-order valence-corrected chi connectivity index (χ0v) is 15.0. The fourth-order valence-corrected chi connectivity index (χ4v) is 2.89. The van der Waals surface area contributed by atoms with Gasteiger partial charge in [0.25, 0.3) is 0 Å². The van der Waals surface area contributed by atoms with Crippen molar-refractivity contribution in [1.29, 1.82) is 0 Å². The number of aryl methyl sites for hydroxylation is 1. The van der Waals surface area contributed by atoms with Crippen LogP contribution >= 0.6 is 0 Å². The van der Waals surface area contributed by atoms with E-state index < -0.39 is 5.41 Å². The van der Waals surface area contributed by atoms with Gasteiger partial charge in [-0.15, -0.1) is 6.58 Å². The lowest BCUT2D eigenvalue weighted by atomic mass is 9.72. The number of allylic oxidation sites excluding steroid dienone is 1. The summed E-state index contributed by atoms with van der Waals surface area (Å²) in [4.78, 5) is 12.8. The minimum Gasteiger partial charge on any atom is -0.349 e. The molecule has 1 N–H and O–H groups in total. The predicted molar refractivity (Wildman–Crippen MR) is 101 cm³/mol. The van der Waals surface area contributed by atoms with Crippen molar-refractivity contribution in [1.82, 2.24) is 5.32 Å². The second-order valence-corrected chi connectivity index (χ2v) is 6.72. The monoisotopic (exact) mass is 321 g/mol. The van der Waals surface area contributed by atoms with Crippen LogP contribution in [0.3, 0.4) is 0 Å². The number of amides is 1. The Labute approximate surface area is 145 Å². The third-order valence-electron chi connectivity index (χ3n) is 5.05. The molecule has 2 aromatic rings. The molecule has 0 saturated heterocycles. The van der Waals surface area contributed by atoms with Gasteiger partial charge in [0.2, 0.25) is 5.91 Å². The number of carbonyl (C=O) groups excluding carboxylic acids is 1. The molecule has 0 spiro atoms. The Bertz CT molecular complexity index is 690. The van der Waals surface area contributed by atoms with Crippen LogP contribution in [0, 0.1) is 12.8 Å². The maximum Gasteiger partial charge on any atom is 0.224 e. The maximum absolute atomic E-state index is 12.8. The van der Waals surface area contributed by atoms with Crippen molar-refractivity contribution in [2.24, 2.45) is 5.92 Å². The van der Waals surface area contributed by atoms with Crippen LogP contribution in [0.2, 0.25) is 0 Å². The largest absolute Gasteiger partial charge is 0.349 e. The summed E-state index contributed by atoms with van der Waals surface area (Å²) in [6.45, 7) is 12.1. The van der Waals surface area contributed by atoms with Crippen molar-refractivity contribution < 1.29 is 4.79 Å². The van der Waals surface area contributed by atoms with Gasteiger partial charge in [-0.25, -0.2) is 0 Å². The highest BCUT2D eigenvalue weighted by molar-refractivity contribution is 5.81. The van der Waals surface area contributed by atoms with Gasteiger partial charge in [-0.1, -0.05) is 80.1 Å². The molecular formula is C22H27NO. The summed E-state index contributed by atoms with van der Waals surface area (Å²) < 4.78 is 0. The molecule has 2 aromatic carbocycles. The van der Waals surface area contributed by atoms with Crippen molar-refractivity contribution in [3.8, 4) is 0 Å². The summed E-state index contributed by atoms with van der Waals surface area (Å²) in [6.07, 6.45) is 1.88. The van der Waals surface area contributed by atoms with E-state index in [-0.39, 0.29) is 17.9 Å². The molecule has 0 heterocycles. The average molecular weight is 321 g/mol. The zero-order valence-electron chi connectivity index (χ0n) is 15.0. The van der Waals surface area contributed by atoms with Crippen LogP contribution < -0.4 is 5.32 Å². The number of carbonyl (C=O) groups is 1. The first-order chi connectivity index (χ1) is 11.4. The number of rotatable bonds is 6. The first-order valence-corrected chi connectivity index (χ1v) is 8.44.